The lowest BCUT2D eigenvalue weighted by Gasteiger charge is -2.10. The predicted octanol–water partition coefficient (Wildman–Crippen LogP) is 3.80. The molecule has 1 aliphatic rings. The number of rotatable bonds is 5. The fourth-order valence-corrected chi connectivity index (χ4v) is 3.77. The molecule has 0 aromatic heterocycles. The Morgan fingerprint density at radius 1 is 0.828 bits per heavy atom. The largest absolute Gasteiger partial charge is 0.378 e. The van der Waals surface area contributed by atoms with Crippen molar-refractivity contribution in [3.63, 3.8) is 0 Å². The number of carbonyl (C=O) groups excluding carboxylic acids is 1. The summed E-state index contributed by atoms with van der Waals surface area (Å²) in [6.45, 7) is 0. The lowest BCUT2D eigenvalue weighted by Crippen LogP contribution is -2.11. The first kappa shape index (κ1) is 18.6. The first-order chi connectivity index (χ1) is 14.0. The van der Waals surface area contributed by atoms with Crippen LogP contribution in [0, 0.1) is 0 Å². The molecule has 6 nitrogen and oxygen atoms in total. The standard InChI is InChI=1S/C22H15NO5S/c24-22-19(21(23-27-22)16-9-3-1-4-10-16)15-17-11-7-8-14-20(17)28-29(25,26)18-12-5-2-6-13-18/h1-15H. The average Bonchev–Trinajstić information content (AvgIpc) is 3.11. The Bertz CT molecular complexity index is 1220. The summed E-state index contributed by atoms with van der Waals surface area (Å²) in [7, 11) is -4.02. The molecule has 3 aromatic rings. The van der Waals surface area contributed by atoms with Gasteiger partial charge in [0.05, 0.1) is 5.57 Å². The quantitative estimate of drug-likeness (QED) is 0.366. The van der Waals surface area contributed by atoms with E-state index in [2.05, 4.69) is 5.16 Å². The molecule has 0 saturated heterocycles. The SMILES string of the molecule is O=C1ON=C(c2ccccc2)C1=Cc1ccccc1OS(=O)(=O)c1ccccc1. The monoisotopic (exact) mass is 405 g/mol. The maximum atomic E-state index is 12.6. The highest BCUT2D eigenvalue weighted by Crippen LogP contribution is 2.28. The molecule has 1 heterocycles. The lowest BCUT2D eigenvalue weighted by molar-refractivity contribution is -0.136. The van der Waals surface area contributed by atoms with Gasteiger partial charge in [0.1, 0.15) is 16.4 Å². The van der Waals surface area contributed by atoms with Crippen molar-refractivity contribution >= 4 is 27.9 Å². The van der Waals surface area contributed by atoms with Crippen LogP contribution in [0.1, 0.15) is 11.1 Å². The van der Waals surface area contributed by atoms with E-state index in [0.717, 1.165) is 0 Å². The molecule has 0 amide bonds. The topological polar surface area (TPSA) is 82.0 Å². The fourth-order valence-electron chi connectivity index (χ4n) is 2.80. The third kappa shape index (κ3) is 3.95. The number of benzene rings is 3. The number of carbonyl (C=O) groups is 1. The molecule has 1 aliphatic heterocycles. The van der Waals surface area contributed by atoms with Crippen molar-refractivity contribution in [3.8, 4) is 5.75 Å². The highest BCUT2D eigenvalue weighted by Gasteiger charge is 2.27. The van der Waals surface area contributed by atoms with Crippen molar-refractivity contribution in [3.05, 3.63) is 102 Å². The van der Waals surface area contributed by atoms with Crippen molar-refractivity contribution in [2.45, 2.75) is 4.90 Å². The Labute approximate surface area is 167 Å². The van der Waals surface area contributed by atoms with Crippen LogP contribution in [-0.4, -0.2) is 20.1 Å². The molecule has 0 saturated carbocycles. The van der Waals surface area contributed by atoms with Gasteiger partial charge in [-0.05, 0) is 24.3 Å². The summed E-state index contributed by atoms with van der Waals surface area (Å²) >= 11 is 0. The van der Waals surface area contributed by atoms with E-state index in [1.54, 1.807) is 48.5 Å². The van der Waals surface area contributed by atoms with Gasteiger partial charge in [-0.1, -0.05) is 71.9 Å². The number of hydrogen-bond acceptors (Lipinski definition) is 6. The highest BCUT2D eigenvalue weighted by molar-refractivity contribution is 7.87. The van der Waals surface area contributed by atoms with E-state index >= 15 is 0 Å². The van der Waals surface area contributed by atoms with Crippen LogP contribution in [0.15, 0.2) is 101 Å². The van der Waals surface area contributed by atoms with Crippen molar-refractivity contribution in [2.75, 3.05) is 0 Å². The van der Waals surface area contributed by atoms with Gasteiger partial charge >= 0.3 is 16.1 Å². The Hall–Kier alpha value is -3.71. The molecule has 0 spiro atoms. The van der Waals surface area contributed by atoms with Gasteiger partial charge in [-0.3, -0.25) is 0 Å². The zero-order valence-electron chi connectivity index (χ0n) is 15.1. The lowest BCUT2D eigenvalue weighted by atomic mass is 10.0. The second-order valence-electron chi connectivity index (χ2n) is 6.13. The Balaban J connectivity index is 1.72. The van der Waals surface area contributed by atoms with Crippen LogP contribution in [0.4, 0.5) is 0 Å². The third-order valence-electron chi connectivity index (χ3n) is 4.19. The summed E-state index contributed by atoms with van der Waals surface area (Å²) < 4.78 is 30.5. The van der Waals surface area contributed by atoms with Crippen LogP contribution < -0.4 is 4.18 Å². The molecule has 0 N–H and O–H groups in total. The minimum Gasteiger partial charge on any atom is -0.378 e. The number of nitrogens with zero attached hydrogens (tertiary/aromatic N) is 1. The van der Waals surface area contributed by atoms with Crippen molar-refractivity contribution in [1.82, 2.24) is 0 Å². The average molecular weight is 405 g/mol. The molecule has 0 atom stereocenters. The molecule has 0 bridgehead atoms. The summed E-state index contributed by atoms with van der Waals surface area (Å²) in [6.07, 6.45) is 1.51. The van der Waals surface area contributed by atoms with E-state index in [1.165, 1.54) is 24.3 Å². The zero-order chi connectivity index (χ0) is 20.3. The summed E-state index contributed by atoms with van der Waals surface area (Å²) in [5, 5.41) is 3.86. The Kier molecular flexibility index (Phi) is 4.97. The number of oxime groups is 1. The molecule has 29 heavy (non-hydrogen) atoms. The molecule has 4 rings (SSSR count). The molecular formula is C22H15NO5S. The molecule has 7 heteroatoms. The Morgan fingerprint density at radius 3 is 2.17 bits per heavy atom. The van der Waals surface area contributed by atoms with Crippen LogP contribution in [-0.2, 0) is 19.8 Å². The highest BCUT2D eigenvalue weighted by atomic mass is 32.2. The fraction of sp³-hybridized carbons (Fsp3) is 0. The normalized spacial score (nSPS) is 15.1. The van der Waals surface area contributed by atoms with E-state index in [1.807, 2.05) is 18.2 Å². The van der Waals surface area contributed by atoms with Crippen molar-refractivity contribution in [2.24, 2.45) is 5.16 Å². The van der Waals surface area contributed by atoms with Gasteiger partial charge in [0.2, 0.25) is 0 Å². The number of hydrogen-bond donors (Lipinski definition) is 0. The van der Waals surface area contributed by atoms with E-state index in [0.29, 0.717) is 16.8 Å². The minimum atomic E-state index is -4.02. The van der Waals surface area contributed by atoms with Crippen LogP contribution in [0.25, 0.3) is 6.08 Å². The first-order valence-electron chi connectivity index (χ1n) is 8.70. The Morgan fingerprint density at radius 2 is 1.45 bits per heavy atom. The zero-order valence-corrected chi connectivity index (χ0v) is 15.9. The molecule has 3 aromatic carbocycles. The van der Waals surface area contributed by atoms with Crippen LogP contribution in [0.3, 0.4) is 0 Å². The van der Waals surface area contributed by atoms with Gasteiger partial charge in [0.25, 0.3) is 0 Å². The van der Waals surface area contributed by atoms with Crippen molar-refractivity contribution in [1.29, 1.82) is 0 Å². The van der Waals surface area contributed by atoms with Crippen LogP contribution >= 0.6 is 0 Å². The second-order valence-corrected chi connectivity index (χ2v) is 7.68. The van der Waals surface area contributed by atoms with E-state index < -0.39 is 16.1 Å². The summed E-state index contributed by atoms with van der Waals surface area (Å²) in [5.41, 5.74) is 1.70. The van der Waals surface area contributed by atoms with Gasteiger partial charge in [-0.15, -0.1) is 0 Å². The molecule has 0 radical (unpaired) electrons. The predicted molar refractivity (Wildman–Crippen MR) is 108 cm³/mol. The van der Waals surface area contributed by atoms with E-state index in [9.17, 15) is 13.2 Å². The molecular weight excluding hydrogens is 390 g/mol. The van der Waals surface area contributed by atoms with Gasteiger partial charge in [0, 0.05) is 11.1 Å². The van der Waals surface area contributed by atoms with Gasteiger partial charge in [0.15, 0.2) is 0 Å². The minimum absolute atomic E-state index is 0.0364. The van der Waals surface area contributed by atoms with E-state index in [-0.39, 0.29) is 16.2 Å². The first-order valence-corrected chi connectivity index (χ1v) is 10.1. The molecule has 0 fully saturated rings. The summed E-state index contributed by atoms with van der Waals surface area (Å²) in [4.78, 5) is 17.1. The molecule has 144 valence electrons. The number of para-hydroxylation sites is 1. The maximum Gasteiger partial charge on any atom is 0.368 e. The summed E-state index contributed by atoms with van der Waals surface area (Å²) in [5.74, 6) is -0.527. The smallest absolute Gasteiger partial charge is 0.368 e. The van der Waals surface area contributed by atoms with Crippen molar-refractivity contribution < 1.29 is 22.2 Å². The third-order valence-corrected chi connectivity index (χ3v) is 5.44. The van der Waals surface area contributed by atoms with Crippen LogP contribution in [0.2, 0.25) is 0 Å². The van der Waals surface area contributed by atoms with Gasteiger partial charge in [-0.25, -0.2) is 4.79 Å². The van der Waals surface area contributed by atoms with Gasteiger partial charge in [-0.2, -0.15) is 8.42 Å². The van der Waals surface area contributed by atoms with Crippen LogP contribution in [0.5, 0.6) is 5.75 Å². The summed E-state index contributed by atoms with van der Waals surface area (Å²) in [6, 6.07) is 23.5. The maximum absolute atomic E-state index is 12.6. The second kappa shape index (κ2) is 7.73. The molecule has 0 aliphatic carbocycles. The van der Waals surface area contributed by atoms with Gasteiger partial charge < -0.3 is 9.02 Å². The molecule has 0 unspecified atom stereocenters. The van der Waals surface area contributed by atoms with E-state index in [4.69, 9.17) is 9.02 Å².